The average Bonchev–Trinajstić information content (AvgIpc) is 2.76. The SMILES string of the molecule is CC(C)c1nn(-c2cccc(Cl)c2)c2c1CCC(C)(C)C2. The highest BCUT2D eigenvalue weighted by atomic mass is 35.5. The molecule has 3 rings (SSSR count). The van der Waals surface area contributed by atoms with Crippen molar-refractivity contribution in [2.45, 2.75) is 52.9 Å². The van der Waals surface area contributed by atoms with Crippen LogP contribution in [0, 0.1) is 5.41 Å². The van der Waals surface area contributed by atoms with Crippen LogP contribution in [0.2, 0.25) is 5.02 Å². The zero-order valence-electron chi connectivity index (χ0n) is 13.3. The lowest BCUT2D eigenvalue weighted by molar-refractivity contribution is 0.308. The van der Waals surface area contributed by atoms with Crippen LogP contribution in [0.4, 0.5) is 0 Å². The Morgan fingerprint density at radius 3 is 2.71 bits per heavy atom. The minimum Gasteiger partial charge on any atom is -0.237 e. The molecule has 2 nitrogen and oxygen atoms in total. The molecular weight excluding hydrogens is 280 g/mol. The maximum atomic E-state index is 6.16. The maximum absolute atomic E-state index is 6.16. The van der Waals surface area contributed by atoms with Gasteiger partial charge in [0.1, 0.15) is 0 Å². The number of fused-ring (bicyclic) bond motifs is 1. The second kappa shape index (κ2) is 5.17. The van der Waals surface area contributed by atoms with E-state index >= 15 is 0 Å². The third kappa shape index (κ3) is 2.74. The van der Waals surface area contributed by atoms with Crippen molar-refractivity contribution in [3.8, 4) is 5.69 Å². The molecule has 0 unspecified atom stereocenters. The summed E-state index contributed by atoms with van der Waals surface area (Å²) < 4.78 is 2.12. The normalized spacial score (nSPS) is 17.0. The predicted octanol–water partition coefficient (Wildman–Crippen LogP) is 5.16. The number of rotatable bonds is 2. The van der Waals surface area contributed by atoms with Crippen molar-refractivity contribution in [3.05, 3.63) is 46.2 Å². The van der Waals surface area contributed by atoms with Crippen molar-refractivity contribution in [2.24, 2.45) is 5.41 Å². The standard InChI is InChI=1S/C18H23ClN2/c1-12(2)17-15-8-9-18(3,4)11-16(15)21(20-17)14-7-5-6-13(19)10-14/h5-7,10,12H,8-9,11H2,1-4H3. The van der Waals surface area contributed by atoms with Crippen LogP contribution in [0.25, 0.3) is 5.69 Å². The third-order valence-corrected chi connectivity index (χ3v) is 4.65. The van der Waals surface area contributed by atoms with E-state index < -0.39 is 0 Å². The van der Waals surface area contributed by atoms with E-state index in [0.717, 1.165) is 23.6 Å². The fraction of sp³-hybridized carbons (Fsp3) is 0.500. The highest BCUT2D eigenvalue weighted by Crippen LogP contribution is 2.38. The summed E-state index contributed by atoms with van der Waals surface area (Å²) in [7, 11) is 0. The molecule has 0 saturated heterocycles. The number of hydrogen-bond donors (Lipinski definition) is 0. The van der Waals surface area contributed by atoms with Gasteiger partial charge in [-0.2, -0.15) is 5.10 Å². The Hall–Kier alpha value is -1.28. The molecule has 0 spiro atoms. The van der Waals surface area contributed by atoms with Crippen LogP contribution in [0.5, 0.6) is 0 Å². The molecule has 0 bridgehead atoms. The van der Waals surface area contributed by atoms with Crippen molar-refractivity contribution in [2.75, 3.05) is 0 Å². The second-order valence-electron chi connectivity index (χ2n) is 7.20. The Kier molecular flexibility index (Phi) is 3.61. The highest BCUT2D eigenvalue weighted by molar-refractivity contribution is 6.30. The Labute approximate surface area is 132 Å². The summed E-state index contributed by atoms with van der Waals surface area (Å²) >= 11 is 6.16. The first-order chi connectivity index (χ1) is 9.87. The Morgan fingerprint density at radius 1 is 1.29 bits per heavy atom. The predicted molar refractivity (Wildman–Crippen MR) is 88.5 cm³/mol. The molecule has 2 aromatic rings. The van der Waals surface area contributed by atoms with Crippen LogP contribution in [0.15, 0.2) is 24.3 Å². The molecule has 0 N–H and O–H groups in total. The van der Waals surface area contributed by atoms with Gasteiger partial charge < -0.3 is 0 Å². The van der Waals surface area contributed by atoms with Gasteiger partial charge >= 0.3 is 0 Å². The number of nitrogens with zero attached hydrogens (tertiary/aromatic N) is 2. The van der Waals surface area contributed by atoms with Crippen LogP contribution in [0.1, 0.15) is 57.0 Å². The van der Waals surface area contributed by atoms with Crippen molar-refractivity contribution in [1.82, 2.24) is 9.78 Å². The molecule has 0 saturated carbocycles. The van der Waals surface area contributed by atoms with E-state index in [1.165, 1.54) is 23.4 Å². The minimum atomic E-state index is 0.345. The molecule has 0 fully saturated rings. The average molecular weight is 303 g/mol. The number of aromatic nitrogens is 2. The van der Waals surface area contributed by atoms with Gasteiger partial charge in [0.05, 0.1) is 11.4 Å². The van der Waals surface area contributed by atoms with E-state index in [1.807, 2.05) is 18.2 Å². The highest BCUT2D eigenvalue weighted by Gasteiger charge is 2.31. The second-order valence-corrected chi connectivity index (χ2v) is 7.63. The fourth-order valence-electron chi connectivity index (χ4n) is 3.25. The zero-order valence-corrected chi connectivity index (χ0v) is 14.0. The van der Waals surface area contributed by atoms with Gasteiger partial charge in [-0.25, -0.2) is 4.68 Å². The molecule has 0 radical (unpaired) electrons. The summed E-state index contributed by atoms with van der Waals surface area (Å²) in [5.41, 5.74) is 5.50. The van der Waals surface area contributed by atoms with Crippen LogP contribution < -0.4 is 0 Å². The van der Waals surface area contributed by atoms with Gasteiger partial charge in [0.25, 0.3) is 0 Å². The topological polar surface area (TPSA) is 17.8 Å². The van der Waals surface area contributed by atoms with Crippen molar-refractivity contribution in [1.29, 1.82) is 0 Å². The summed E-state index contributed by atoms with van der Waals surface area (Å²) in [6, 6.07) is 7.99. The van der Waals surface area contributed by atoms with E-state index in [1.54, 1.807) is 0 Å². The van der Waals surface area contributed by atoms with Gasteiger partial charge in [-0.1, -0.05) is 45.4 Å². The summed E-state index contributed by atoms with van der Waals surface area (Å²) in [4.78, 5) is 0. The third-order valence-electron chi connectivity index (χ3n) is 4.42. The van der Waals surface area contributed by atoms with Crippen molar-refractivity contribution >= 4 is 11.6 Å². The molecular formula is C18H23ClN2. The van der Waals surface area contributed by atoms with Crippen LogP contribution in [0.3, 0.4) is 0 Å². The van der Waals surface area contributed by atoms with Gasteiger partial charge in [-0.05, 0) is 54.4 Å². The molecule has 112 valence electrons. The first-order valence-electron chi connectivity index (χ1n) is 7.74. The first kappa shape index (κ1) is 14.6. The van der Waals surface area contributed by atoms with E-state index in [0.29, 0.717) is 11.3 Å². The van der Waals surface area contributed by atoms with E-state index in [-0.39, 0.29) is 0 Å². The Bertz CT molecular complexity index is 668. The molecule has 1 aromatic heterocycles. The molecule has 0 aliphatic heterocycles. The largest absolute Gasteiger partial charge is 0.237 e. The van der Waals surface area contributed by atoms with Crippen LogP contribution >= 0.6 is 11.6 Å². The molecule has 3 heteroatoms. The first-order valence-corrected chi connectivity index (χ1v) is 8.12. The van der Waals surface area contributed by atoms with E-state index in [9.17, 15) is 0 Å². The van der Waals surface area contributed by atoms with Crippen LogP contribution in [-0.2, 0) is 12.8 Å². The van der Waals surface area contributed by atoms with Gasteiger partial charge in [0, 0.05) is 10.7 Å². The number of hydrogen-bond acceptors (Lipinski definition) is 1. The van der Waals surface area contributed by atoms with Crippen molar-refractivity contribution < 1.29 is 0 Å². The summed E-state index contributed by atoms with van der Waals surface area (Å²) in [5.74, 6) is 0.459. The number of halogens is 1. The summed E-state index contributed by atoms with van der Waals surface area (Å²) in [6.45, 7) is 9.15. The smallest absolute Gasteiger partial charge is 0.0689 e. The van der Waals surface area contributed by atoms with Gasteiger partial charge in [-0.3, -0.25) is 0 Å². The monoisotopic (exact) mass is 302 g/mol. The van der Waals surface area contributed by atoms with Crippen LogP contribution in [-0.4, -0.2) is 9.78 Å². The van der Waals surface area contributed by atoms with Gasteiger partial charge in [0.2, 0.25) is 0 Å². The lowest BCUT2D eigenvalue weighted by Gasteiger charge is -2.30. The van der Waals surface area contributed by atoms with E-state index in [2.05, 4.69) is 38.4 Å². The molecule has 1 heterocycles. The Morgan fingerprint density at radius 2 is 2.05 bits per heavy atom. The lowest BCUT2D eigenvalue weighted by atomic mass is 9.75. The molecule has 21 heavy (non-hydrogen) atoms. The molecule has 0 amide bonds. The quantitative estimate of drug-likeness (QED) is 0.749. The Balaban J connectivity index is 2.17. The van der Waals surface area contributed by atoms with Crippen molar-refractivity contribution in [3.63, 3.8) is 0 Å². The maximum Gasteiger partial charge on any atom is 0.0689 e. The minimum absolute atomic E-state index is 0.345. The lowest BCUT2D eigenvalue weighted by Crippen LogP contribution is -2.24. The molecule has 1 aliphatic rings. The summed E-state index contributed by atoms with van der Waals surface area (Å²) in [6.07, 6.45) is 3.45. The zero-order chi connectivity index (χ0) is 15.2. The summed E-state index contributed by atoms with van der Waals surface area (Å²) in [5, 5.41) is 5.69. The number of benzene rings is 1. The van der Waals surface area contributed by atoms with E-state index in [4.69, 9.17) is 16.7 Å². The molecule has 1 aliphatic carbocycles. The molecule has 1 aromatic carbocycles. The molecule has 0 atom stereocenters. The van der Waals surface area contributed by atoms with Gasteiger partial charge in [0.15, 0.2) is 0 Å². The fourth-order valence-corrected chi connectivity index (χ4v) is 3.43. The van der Waals surface area contributed by atoms with Gasteiger partial charge in [-0.15, -0.1) is 0 Å².